The molecule has 1 heterocycles. The second-order valence-corrected chi connectivity index (χ2v) is 30.3. The molecular formula is C61H101NO10S. The van der Waals surface area contributed by atoms with Crippen LogP contribution in [-0.2, 0) is 48.1 Å². The van der Waals surface area contributed by atoms with Crippen LogP contribution in [0.5, 0.6) is 0 Å². The molecule has 11 nitrogen and oxygen atoms in total. The number of hydrogen-bond donors (Lipinski definition) is 1. The topological polar surface area (TPSA) is 151 Å². The average Bonchev–Trinajstić information content (AvgIpc) is 4.15. The molecular weight excluding hydrogens is 939 g/mol. The zero-order valence-corrected chi connectivity index (χ0v) is 48.8. The predicted octanol–water partition coefficient (Wildman–Crippen LogP) is 12.5. The van der Waals surface area contributed by atoms with Gasteiger partial charge in [-0.15, -0.1) is 0 Å². The average molecular weight is 1040 g/mol. The van der Waals surface area contributed by atoms with Crippen LogP contribution in [0, 0.1) is 111 Å². The second-order valence-electron chi connectivity index (χ2n) is 28.5. The standard InChI is InChI=1S/2C18H30O2.C14H20O4.C11H21NO2S/c2*1-5-17(3,4)16(19)20-18(6-2)14-8-12-7-13(10-14)11-15(18)9-12;1-4-14(2,3)13(16)18-10-7-5-8-9(6-7)12(15)17-11(8)10;1-7-8(2)11-5-9(7)4-10(11)6-12-15(3,13)14/h2*12-15H,5-11H2,1-4H3;7-11H,4-6H2,1-3H3;7-12H,4-6H2,1-3H3. The lowest BCUT2D eigenvalue weighted by atomic mass is 9.49. The fourth-order valence-corrected chi connectivity index (χ4v) is 18.1. The van der Waals surface area contributed by atoms with Gasteiger partial charge in [-0.2, -0.15) is 0 Å². The minimum Gasteiger partial charge on any atom is -0.458 e. The van der Waals surface area contributed by atoms with Gasteiger partial charge in [0.05, 0.1) is 28.4 Å². The summed E-state index contributed by atoms with van der Waals surface area (Å²) in [5, 5.41) is 0. The highest BCUT2D eigenvalue weighted by molar-refractivity contribution is 7.88. The summed E-state index contributed by atoms with van der Waals surface area (Å²) in [5.74, 6) is 10.6. The van der Waals surface area contributed by atoms with Crippen LogP contribution < -0.4 is 4.72 Å². The largest absolute Gasteiger partial charge is 0.458 e. The Morgan fingerprint density at radius 3 is 1.36 bits per heavy atom. The van der Waals surface area contributed by atoms with E-state index in [9.17, 15) is 27.6 Å². The first-order valence-corrected chi connectivity index (χ1v) is 31.9. The summed E-state index contributed by atoms with van der Waals surface area (Å²) in [6.45, 7) is 27.8. The van der Waals surface area contributed by atoms with Crippen molar-refractivity contribution in [2.75, 3.05) is 12.8 Å². The first kappa shape index (κ1) is 57.0. The predicted molar refractivity (Wildman–Crippen MR) is 285 cm³/mol. The number of carbonyl (C=O) groups excluding carboxylic acids is 4. The van der Waals surface area contributed by atoms with Gasteiger partial charge in [-0.1, -0.05) is 48.5 Å². The molecule has 0 aromatic carbocycles. The van der Waals surface area contributed by atoms with E-state index in [-0.39, 0.29) is 64.0 Å². The summed E-state index contributed by atoms with van der Waals surface area (Å²) in [5.41, 5.74) is -1.38. The number of sulfonamides is 1. The van der Waals surface area contributed by atoms with E-state index in [0.29, 0.717) is 48.0 Å². The van der Waals surface area contributed by atoms with Crippen molar-refractivity contribution in [3.05, 3.63) is 0 Å². The maximum Gasteiger partial charge on any atom is 0.312 e. The lowest BCUT2D eigenvalue weighted by Gasteiger charge is -2.60. The van der Waals surface area contributed by atoms with E-state index < -0.39 is 15.4 Å². The monoisotopic (exact) mass is 1040 g/mol. The number of esters is 4. The van der Waals surface area contributed by atoms with Crippen molar-refractivity contribution < 1.29 is 46.5 Å². The Morgan fingerprint density at radius 1 is 0.575 bits per heavy atom. The van der Waals surface area contributed by atoms with Crippen LogP contribution >= 0.6 is 0 Å². The summed E-state index contributed by atoms with van der Waals surface area (Å²) < 4.78 is 48.3. The molecule has 10 atom stereocenters. The summed E-state index contributed by atoms with van der Waals surface area (Å²) in [6, 6.07) is 0. The molecule has 13 fully saturated rings. The summed E-state index contributed by atoms with van der Waals surface area (Å²) in [6.07, 6.45) is 23.0. The second kappa shape index (κ2) is 21.2. The Morgan fingerprint density at radius 2 is 0.986 bits per heavy atom. The van der Waals surface area contributed by atoms with E-state index in [2.05, 4.69) is 46.3 Å². The molecule has 12 bridgehead atoms. The summed E-state index contributed by atoms with van der Waals surface area (Å²) in [7, 11) is -3.01. The molecule has 12 aliphatic carbocycles. The molecule has 10 unspecified atom stereocenters. The fourth-order valence-electron chi connectivity index (χ4n) is 17.6. The fraction of sp³-hybridized carbons (Fsp3) is 0.934. The Kier molecular flexibility index (Phi) is 16.6. The molecule has 0 aromatic heterocycles. The SMILES string of the molecule is CC1C2CC(CNS(C)(=O)=O)C(C2)C1C.CCC(C)(C)C(=O)OC1(CC)C2CC3CC(C2)CC1C3.CCC(C)(C)C(=O)OC1(CC)C2CC3CC(C2)CC1C3.CCC(C)(C)C(=O)OC1C2CC3C(=O)OC1C3C2. The van der Waals surface area contributed by atoms with E-state index in [4.69, 9.17) is 18.9 Å². The van der Waals surface area contributed by atoms with Gasteiger partial charge < -0.3 is 18.9 Å². The number of nitrogens with one attached hydrogen (secondary N) is 1. The highest BCUT2D eigenvalue weighted by Gasteiger charge is 2.64. The van der Waals surface area contributed by atoms with Gasteiger partial charge >= 0.3 is 23.9 Å². The minimum absolute atomic E-state index is 0.0364. The zero-order chi connectivity index (χ0) is 53.4. The van der Waals surface area contributed by atoms with Crippen molar-refractivity contribution in [3.8, 4) is 0 Å². The molecule has 1 N–H and O–H groups in total. The van der Waals surface area contributed by atoms with Crippen LogP contribution in [0.25, 0.3) is 0 Å². The molecule has 0 spiro atoms. The molecule has 0 aromatic rings. The smallest absolute Gasteiger partial charge is 0.312 e. The Bertz CT molecular complexity index is 1990. The number of carbonyl (C=O) groups is 4. The minimum atomic E-state index is -3.01. The molecule has 0 amide bonds. The summed E-state index contributed by atoms with van der Waals surface area (Å²) in [4.78, 5) is 49.0. The third-order valence-corrected chi connectivity index (χ3v) is 24.0. The number of fused-ring (bicyclic) bond motifs is 3. The van der Waals surface area contributed by atoms with Gasteiger partial charge in [0.15, 0.2) is 0 Å². The molecule has 12 heteroatoms. The maximum atomic E-state index is 12.6. The van der Waals surface area contributed by atoms with Crippen LogP contribution in [0.2, 0.25) is 0 Å². The first-order chi connectivity index (χ1) is 34.1. The van der Waals surface area contributed by atoms with E-state index in [1.807, 2.05) is 48.5 Å². The quantitative estimate of drug-likeness (QED) is 0.131. The highest BCUT2D eigenvalue weighted by atomic mass is 32.2. The van der Waals surface area contributed by atoms with Crippen LogP contribution in [0.15, 0.2) is 0 Å². The normalized spacial score (nSPS) is 42.8. The summed E-state index contributed by atoms with van der Waals surface area (Å²) >= 11 is 0. The van der Waals surface area contributed by atoms with E-state index >= 15 is 0 Å². The van der Waals surface area contributed by atoms with Crippen LogP contribution in [-0.4, -0.2) is 68.5 Å². The van der Waals surface area contributed by atoms with Gasteiger partial charge in [0.1, 0.15) is 23.4 Å². The third-order valence-electron chi connectivity index (χ3n) is 23.3. The first-order valence-electron chi connectivity index (χ1n) is 30.0. The number of rotatable bonds is 14. The molecule has 13 rings (SSSR count). The van der Waals surface area contributed by atoms with Crippen LogP contribution in [0.1, 0.15) is 212 Å². The molecule has 1 saturated heterocycles. The lowest BCUT2D eigenvalue weighted by Crippen LogP contribution is -2.60. The van der Waals surface area contributed by atoms with E-state index in [1.54, 1.807) is 0 Å². The number of ether oxygens (including phenoxy) is 4. The number of hydrogen-bond acceptors (Lipinski definition) is 10. The van der Waals surface area contributed by atoms with Crippen molar-refractivity contribution >= 4 is 33.9 Å². The van der Waals surface area contributed by atoms with Gasteiger partial charge in [-0.3, -0.25) is 19.2 Å². The zero-order valence-electron chi connectivity index (χ0n) is 48.0. The van der Waals surface area contributed by atoms with Crippen LogP contribution in [0.3, 0.4) is 0 Å². The Hall–Kier alpha value is -2.21. The molecule has 12 saturated carbocycles. The van der Waals surface area contributed by atoms with Gasteiger partial charge in [-0.05, 0) is 240 Å². The van der Waals surface area contributed by atoms with Gasteiger partial charge in [-0.25, -0.2) is 13.1 Å². The molecule has 13 aliphatic rings. The molecule has 0 radical (unpaired) electrons. The molecule has 73 heavy (non-hydrogen) atoms. The van der Waals surface area contributed by atoms with E-state index in [0.717, 1.165) is 92.3 Å². The van der Waals surface area contributed by atoms with Gasteiger partial charge in [0, 0.05) is 18.4 Å². The van der Waals surface area contributed by atoms with Gasteiger partial charge in [0.25, 0.3) is 0 Å². The van der Waals surface area contributed by atoms with E-state index in [1.165, 1.54) is 83.3 Å². The Labute approximate surface area is 442 Å². The van der Waals surface area contributed by atoms with Gasteiger partial charge in [0.2, 0.25) is 10.0 Å². The van der Waals surface area contributed by atoms with Crippen molar-refractivity contribution in [1.29, 1.82) is 0 Å². The van der Waals surface area contributed by atoms with Crippen LogP contribution in [0.4, 0.5) is 0 Å². The lowest BCUT2D eigenvalue weighted by molar-refractivity contribution is -0.218. The highest BCUT2D eigenvalue weighted by Crippen LogP contribution is 2.63. The van der Waals surface area contributed by atoms with Crippen molar-refractivity contribution in [3.63, 3.8) is 0 Å². The van der Waals surface area contributed by atoms with Crippen molar-refractivity contribution in [1.82, 2.24) is 4.72 Å². The van der Waals surface area contributed by atoms with Crippen molar-refractivity contribution in [2.24, 2.45) is 111 Å². The third kappa shape index (κ3) is 11.0. The molecule has 416 valence electrons. The molecule has 1 aliphatic heterocycles. The van der Waals surface area contributed by atoms with Crippen molar-refractivity contribution in [2.45, 2.75) is 235 Å². The Balaban J connectivity index is 0.000000131. The maximum absolute atomic E-state index is 12.6.